The van der Waals surface area contributed by atoms with Crippen molar-refractivity contribution in [2.24, 2.45) is 0 Å². The Labute approximate surface area is 171 Å². The Morgan fingerprint density at radius 1 is 1.10 bits per heavy atom. The molecule has 0 aliphatic carbocycles. The first-order chi connectivity index (χ1) is 14.4. The van der Waals surface area contributed by atoms with E-state index in [4.69, 9.17) is 0 Å². The number of aryl methyl sites for hydroxylation is 1. The van der Waals surface area contributed by atoms with Gasteiger partial charge < -0.3 is 4.57 Å². The number of benzene rings is 2. The van der Waals surface area contributed by atoms with Crippen LogP contribution in [0.5, 0.6) is 0 Å². The van der Waals surface area contributed by atoms with Crippen LogP contribution in [0.1, 0.15) is 21.7 Å². The number of nitro benzene ring substituents is 1. The number of para-hydroxylation sites is 1. The second-order valence-electron chi connectivity index (χ2n) is 7.02. The molecule has 0 bridgehead atoms. The van der Waals surface area contributed by atoms with Crippen molar-refractivity contribution in [3.63, 3.8) is 0 Å². The summed E-state index contributed by atoms with van der Waals surface area (Å²) in [4.78, 5) is 40.2. The highest BCUT2D eigenvalue weighted by atomic mass is 16.6. The normalized spacial score (nSPS) is 11.0. The first kappa shape index (κ1) is 19.3. The van der Waals surface area contributed by atoms with Crippen molar-refractivity contribution in [2.75, 3.05) is 0 Å². The number of Topliss-reactive ketones (excluding diaryl/α,β-unsaturated/α-hetero) is 1. The zero-order valence-electron chi connectivity index (χ0n) is 16.4. The second-order valence-corrected chi connectivity index (χ2v) is 7.02. The number of aromatic nitrogens is 3. The molecule has 0 saturated heterocycles. The fraction of sp³-hybridized carbons (Fsp3) is 0.136. The highest BCUT2D eigenvalue weighted by Gasteiger charge is 2.18. The largest absolute Gasteiger partial charge is 0.318 e. The van der Waals surface area contributed by atoms with Crippen LogP contribution < -0.4 is 5.56 Å². The number of non-ortho nitro benzene ring substituents is 1. The van der Waals surface area contributed by atoms with E-state index < -0.39 is 10.5 Å². The molecule has 4 rings (SSSR count). The van der Waals surface area contributed by atoms with Gasteiger partial charge in [0.2, 0.25) is 0 Å². The van der Waals surface area contributed by atoms with E-state index in [1.807, 2.05) is 54.8 Å². The van der Waals surface area contributed by atoms with Gasteiger partial charge in [0, 0.05) is 34.8 Å². The van der Waals surface area contributed by atoms with Gasteiger partial charge in [-0.3, -0.25) is 24.3 Å². The Hall–Kier alpha value is -4.07. The molecule has 0 aliphatic rings. The van der Waals surface area contributed by atoms with Crippen LogP contribution in [0.15, 0.2) is 65.7 Å². The summed E-state index contributed by atoms with van der Waals surface area (Å²) < 4.78 is 3.22. The van der Waals surface area contributed by atoms with Crippen LogP contribution in [0.4, 0.5) is 5.69 Å². The molecule has 0 N–H and O–H groups in total. The molecule has 2 aromatic heterocycles. The molecule has 8 nitrogen and oxygen atoms in total. The van der Waals surface area contributed by atoms with Gasteiger partial charge in [0.1, 0.15) is 0 Å². The Kier molecular flexibility index (Phi) is 4.75. The molecule has 0 fully saturated rings. The molecule has 0 saturated carbocycles. The van der Waals surface area contributed by atoms with Gasteiger partial charge in [0.25, 0.3) is 11.2 Å². The van der Waals surface area contributed by atoms with Gasteiger partial charge in [0.05, 0.1) is 28.7 Å². The summed E-state index contributed by atoms with van der Waals surface area (Å²) in [6, 6.07) is 15.4. The van der Waals surface area contributed by atoms with Crippen molar-refractivity contribution in [2.45, 2.75) is 20.4 Å². The second kappa shape index (κ2) is 7.40. The van der Waals surface area contributed by atoms with Gasteiger partial charge in [-0.05, 0) is 38.1 Å². The van der Waals surface area contributed by atoms with Crippen LogP contribution in [0.2, 0.25) is 0 Å². The summed E-state index contributed by atoms with van der Waals surface area (Å²) in [5.41, 5.74) is 2.86. The first-order valence-electron chi connectivity index (χ1n) is 9.28. The maximum atomic E-state index is 13.0. The Morgan fingerprint density at radius 3 is 2.53 bits per heavy atom. The molecular formula is C22H18N4O4. The van der Waals surface area contributed by atoms with Crippen LogP contribution in [0.3, 0.4) is 0 Å². The Balaban J connectivity index is 1.69. The molecule has 4 aromatic rings. The number of ketones is 1. The van der Waals surface area contributed by atoms with Crippen LogP contribution in [0, 0.1) is 24.0 Å². The van der Waals surface area contributed by atoms with E-state index in [9.17, 15) is 19.7 Å². The maximum absolute atomic E-state index is 13.0. The lowest BCUT2D eigenvalue weighted by Gasteiger charge is -2.10. The van der Waals surface area contributed by atoms with Crippen molar-refractivity contribution in [3.05, 3.63) is 98.3 Å². The molecule has 150 valence electrons. The quantitative estimate of drug-likeness (QED) is 0.288. The molecule has 0 amide bonds. The lowest BCUT2D eigenvalue weighted by molar-refractivity contribution is -0.384. The molecule has 2 heterocycles. The average Bonchev–Trinajstić information content (AvgIpc) is 3.04. The summed E-state index contributed by atoms with van der Waals surface area (Å²) in [6.45, 7) is 3.62. The van der Waals surface area contributed by atoms with Crippen LogP contribution in [0.25, 0.3) is 16.6 Å². The van der Waals surface area contributed by atoms with Gasteiger partial charge in [0.15, 0.2) is 5.78 Å². The monoisotopic (exact) mass is 402 g/mol. The standard InChI is InChI=1S/C22H18N4O4/c1-14-10-19(15(2)25(14)16-6-4-3-5-7-16)21(27)12-24-13-23-20-11-17(26(29)30)8-9-18(20)22(24)28/h3-11,13H,12H2,1-2H3. The third-order valence-electron chi connectivity index (χ3n) is 5.08. The number of fused-ring (bicyclic) bond motifs is 1. The summed E-state index contributed by atoms with van der Waals surface area (Å²) in [5.74, 6) is -0.213. The third kappa shape index (κ3) is 3.28. The van der Waals surface area contributed by atoms with Crippen molar-refractivity contribution in [1.82, 2.24) is 14.1 Å². The number of hydrogen-bond acceptors (Lipinski definition) is 5. The van der Waals surface area contributed by atoms with Crippen molar-refractivity contribution < 1.29 is 9.72 Å². The number of carbonyl (C=O) groups is 1. The van der Waals surface area contributed by atoms with E-state index in [1.54, 1.807) is 0 Å². The zero-order chi connectivity index (χ0) is 21.4. The van der Waals surface area contributed by atoms with Crippen LogP contribution in [-0.4, -0.2) is 24.8 Å². The SMILES string of the molecule is Cc1cc(C(=O)Cn2cnc3cc([N+](=O)[O-])ccc3c2=O)c(C)n1-c1ccccc1. The molecule has 0 aliphatic heterocycles. The molecule has 8 heteroatoms. The molecule has 0 spiro atoms. The van der Waals surface area contributed by atoms with Gasteiger partial charge in [-0.15, -0.1) is 0 Å². The van der Waals surface area contributed by atoms with Gasteiger partial charge in [-0.2, -0.15) is 0 Å². The minimum absolute atomic E-state index is 0.142. The fourth-order valence-electron chi connectivity index (χ4n) is 3.63. The average molecular weight is 402 g/mol. The topological polar surface area (TPSA) is 100 Å². The predicted octanol–water partition coefficient (Wildman–Crippen LogP) is 3.60. The summed E-state index contributed by atoms with van der Waals surface area (Å²) in [5, 5.41) is 11.1. The molecular weight excluding hydrogens is 384 g/mol. The third-order valence-corrected chi connectivity index (χ3v) is 5.08. The predicted molar refractivity (Wildman–Crippen MR) is 112 cm³/mol. The summed E-state index contributed by atoms with van der Waals surface area (Å²) in [7, 11) is 0. The highest BCUT2D eigenvalue weighted by Crippen LogP contribution is 2.22. The zero-order valence-corrected chi connectivity index (χ0v) is 16.4. The van der Waals surface area contributed by atoms with Gasteiger partial charge in [-0.25, -0.2) is 4.98 Å². The van der Waals surface area contributed by atoms with E-state index in [1.165, 1.54) is 29.1 Å². The molecule has 0 atom stereocenters. The summed E-state index contributed by atoms with van der Waals surface area (Å²) in [6.07, 6.45) is 1.25. The Bertz CT molecular complexity index is 1350. The van der Waals surface area contributed by atoms with Gasteiger partial charge >= 0.3 is 0 Å². The highest BCUT2D eigenvalue weighted by molar-refractivity contribution is 5.97. The lowest BCUT2D eigenvalue weighted by Crippen LogP contribution is -2.25. The van der Waals surface area contributed by atoms with Crippen molar-refractivity contribution in [3.8, 4) is 5.69 Å². The van der Waals surface area contributed by atoms with E-state index >= 15 is 0 Å². The smallest absolute Gasteiger partial charge is 0.271 e. The van der Waals surface area contributed by atoms with Crippen LogP contribution in [-0.2, 0) is 6.54 Å². The van der Waals surface area contributed by atoms with E-state index in [2.05, 4.69) is 4.98 Å². The van der Waals surface area contributed by atoms with Crippen molar-refractivity contribution in [1.29, 1.82) is 0 Å². The lowest BCUT2D eigenvalue weighted by atomic mass is 10.1. The molecule has 0 unspecified atom stereocenters. The number of hydrogen-bond donors (Lipinski definition) is 0. The van der Waals surface area contributed by atoms with E-state index in [-0.39, 0.29) is 28.9 Å². The van der Waals surface area contributed by atoms with Crippen molar-refractivity contribution >= 4 is 22.4 Å². The number of carbonyl (C=O) groups excluding carboxylic acids is 1. The molecule has 30 heavy (non-hydrogen) atoms. The first-order valence-corrected chi connectivity index (χ1v) is 9.28. The Morgan fingerprint density at radius 2 is 1.83 bits per heavy atom. The molecule has 0 radical (unpaired) electrons. The van der Waals surface area contributed by atoms with Crippen LogP contribution >= 0.6 is 0 Å². The van der Waals surface area contributed by atoms with Gasteiger partial charge in [-0.1, -0.05) is 18.2 Å². The number of rotatable bonds is 5. The molecule has 2 aromatic carbocycles. The maximum Gasteiger partial charge on any atom is 0.271 e. The number of nitro groups is 1. The fourth-order valence-corrected chi connectivity index (χ4v) is 3.63. The summed E-state index contributed by atoms with van der Waals surface area (Å²) >= 11 is 0. The number of nitrogens with zero attached hydrogens (tertiary/aromatic N) is 4. The van der Waals surface area contributed by atoms with E-state index in [0.29, 0.717) is 5.56 Å². The minimum atomic E-state index is -0.543. The van der Waals surface area contributed by atoms with E-state index in [0.717, 1.165) is 17.1 Å². The minimum Gasteiger partial charge on any atom is -0.318 e.